The second kappa shape index (κ2) is 8.42. The van der Waals surface area contributed by atoms with Crippen LogP contribution in [-0.2, 0) is 26.0 Å². The minimum Gasteiger partial charge on any atom is -0.493 e. The number of hydrogen-bond donors (Lipinski definition) is 1. The largest absolute Gasteiger partial charge is 0.493 e. The van der Waals surface area contributed by atoms with E-state index in [0.29, 0.717) is 30.3 Å². The monoisotopic (exact) mass is 418 g/mol. The molecule has 1 N–H and O–H groups in total. The van der Waals surface area contributed by atoms with E-state index in [9.17, 15) is 13.2 Å². The van der Waals surface area contributed by atoms with Crippen LogP contribution < -0.4 is 14.4 Å². The number of rotatable bonds is 7. The number of anilines is 2. The molecule has 3 rings (SSSR count). The molecule has 1 amide bonds. The summed E-state index contributed by atoms with van der Waals surface area (Å²) < 4.78 is 39.0. The molecule has 0 unspecified atom stereocenters. The Morgan fingerprint density at radius 1 is 1.17 bits per heavy atom. The van der Waals surface area contributed by atoms with Gasteiger partial charge in [0.1, 0.15) is 12.4 Å². The van der Waals surface area contributed by atoms with Crippen LogP contribution in [0.15, 0.2) is 35.2 Å². The first-order valence-corrected chi connectivity index (χ1v) is 10.9. The molecule has 1 aliphatic heterocycles. The average Bonchev–Trinajstić information content (AvgIpc) is 3.07. The third-order valence-corrected chi connectivity index (χ3v) is 6.20. The molecule has 0 radical (unpaired) electrons. The van der Waals surface area contributed by atoms with Gasteiger partial charge in [0.05, 0.1) is 17.2 Å². The molecule has 1 aliphatic rings. The molecular formula is C21H26N2O5S. The molecule has 29 heavy (non-hydrogen) atoms. The summed E-state index contributed by atoms with van der Waals surface area (Å²) in [4.78, 5) is 14.0. The first-order valence-electron chi connectivity index (χ1n) is 9.46. The van der Waals surface area contributed by atoms with Crippen molar-refractivity contribution in [3.05, 3.63) is 47.0 Å². The lowest BCUT2D eigenvalue weighted by atomic mass is 10.1. The molecule has 0 aromatic heterocycles. The number of ether oxygens (including phenoxy) is 2. The Morgan fingerprint density at radius 2 is 1.86 bits per heavy atom. The molecule has 0 saturated carbocycles. The number of amides is 1. The van der Waals surface area contributed by atoms with Crippen molar-refractivity contribution < 1.29 is 22.7 Å². The lowest BCUT2D eigenvalue weighted by molar-refractivity contribution is -0.122. The van der Waals surface area contributed by atoms with Crippen LogP contribution in [0.3, 0.4) is 0 Å². The standard InChI is InChI=1S/C21H26N2O5S/c1-5-28-21-14(2)10-18(11-15(21)3)29(25,26)22-17-7-6-16-8-9-23(19(16)12-17)20(24)13-27-4/h6-7,10-12,22H,5,8-9,13H2,1-4H3. The molecular weight excluding hydrogens is 392 g/mol. The van der Waals surface area contributed by atoms with Gasteiger partial charge in [-0.2, -0.15) is 0 Å². The van der Waals surface area contributed by atoms with Gasteiger partial charge < -0.3 is 14.4 Å². The summed E-state index contributed by atoms with van der Waals surface area (Å²) in [6.45, 7) is 6.60. The zero-order chi connectivity index (χ0) is 21.2. The van der Waals surface area contributed by atoms with Crippen LogP contribution in [0.25, 0.3) is 0 Å². The van der Waals surface area contributed by atoms with Crippen molar-refractivity contribution in [2.45, 2.75) is 32.1 Å². The smallest absolute Gasteiger partial charge is 0.261 e. The molecule has 1 heterocycles. The Balaban J connectivity index is 1.89. The van der Waals surface area contributed by atoms with Crippen LogP contribution in [0.2, 0.25) is 0 Å². The van der Waals surface area contributed by atoms with Crippen LogP contribution in [0, 0.1) is 13.8 Å². The van der Waals surface area contributed by atoms with E-state index < -0.39 is 10.0 Å². The number of methoxy groups -OCH3 is 1. The van der Waals surface area contributed by atoms with Gasteiger partial charge >= 0.3 is 0 Å². The molecule has 0 bridgehead atoms. The Labute approximate surface area is 171 Å². The molecule has 8 heteroatoms. The van der Waals surface area contributed by atoms with Gasteiger partial charge in [0.2, 0.25) is 0 Å². The molecule has 0 saturated heterocycles. The van der Waals surface area contributed by atoms with E-state index in [2.05, 4.69) is 4.72 Å². The number of benzene rings is 2. The quantitative estimate of drug-likeness (QED) is 0.747. The molecule has 156 valence electrons. The number of aryl methyl sites for hydroxylation is 2. The third-order valence-electron chi connectivity index (χ3n) is 4.83. The Hall–Kier alpha value is -2.58. The summed E-state index contributed by atoms with van der Waals surface area (Å²) in [5.74, 6) is 0.556. The maximum atomic E-state index is 12.9. The molecule has 0 atom stereocenters. The Morgan fingerprint density at radius 3 is 2.48 bits per heavy atom. The van der Waals surface area contributed by atoms with E-state index in [4.69, 9.17) is 9.47 Å². The van der Waals surface area contributed by atoms with Crippen molar-refractivity contribution in [1.29, 1.82) is 0 Å². The summed E-state index contributed by atoms with van der Waals surface area (Å²) >= 11 is 0. The minimum atomic E-state index is -3.79. The SMILES string of the molecule is CCOc1c(C)cc(S(=O)(=O)Nc2ccc3c(c2)N(C(=O)COC)CC3)cc1C. The van der Waals surface area contributed by atoms with Crippen LogP contribution >= 0.6 is 0 Å². The highest BCUT2D eigenvalue weighted by Gasteiger charge is 2.25. The highest BCUT2D eigenvalue weighted by atomic mass is 32.2. The third kappa shape index (κ3) is 4.38. The van der Waals surface area contributed by atoms with E-state index in [0.717, 1.165) is 23.1 Å². The zero-order valence-corrected chi connectivity index (χ0v) is 17.9. The fourth-order valence-electron chi connectivity index (χ4n) is 3.55. The lowest BCUT2D eigenvalue weighted by Gasteiger charge is -2.18. The van der Waals surface area contributed by atoms with Crippen LogP contribution in [0.5, 0.6) is 5.75 Å². The first kappa shape index (κ1) is 21.1. The fourth-order valence-corrected chi connectivity index (χ4v) is 4.77. The molecule has 7 nitrogen and oxygen atoms in total. The molecule has 0 spiro atoms. The van der Waals surface area contributed by atoms with Crippen LogP contribution in [0.1, 0.15) is 23.6 Å². The summed E-state index contributed by atoms with van der Waals surface area (Å²) in [5, 5.41) is 0. The van der Waals surface area contributed by atoms with Gasteiger partial charge in [-0.3, -0.25) is 9.52 Å². The van der Waals surface area contributed by atoms with Gasteiger partial charge in [-0.15, -0.1) is 0 Å². The average molecular weight is 419 g/mol. The van der Waals surface area contributed by atoms with E-state index in [1.807, 2.05) is 26.8 Å². The van der Waals surface area contributed by atoms with E-state index in [1.54, 1.807) is 29.2 Å². The van der Waals surface area contributed by atoms with E-state index in [-0.39, 0.29) is 17.4 Å². The second-order valence-electron chi connectivity index (χ2n) is 7.00. The fraction of sp³-hybridized carbons (Fsp3) is 0.381. The van der Waals surface area contributed by atoms with Crippen molar-refractivity contribution in [3.8, 4) is 5.75 Å². The van der Waals surface area contributed by atoms with Gasteiger partial charge in [0.25, 0.3) is 15.9 Å². The van der Waals surface area contributed by atoms with Crippen molar-refractivity contribution >= 4 is 27.3 Å². The number of nitrogens with one attached hydrogen (secondary N) is 1. The molecule has 0 fully saturated rings. The first-order chi connectivity index (χ1) is 13.8. The maximum absolute atomic E-state index is 12.9. The molecule has 2 aromatic carbocycles. The minimum absolute atomic E-state index is 0.0138. The number of carbonyl (C=O) groups excluding carboxylic acids is 1. The number of hydrogen-bond acceptors (Lipinski definition) is 5. The van der Waals surface area contributed by atoms with Gasteiger partial charge in [0, 0.05) is 19.3 Å². The molecule has 0 aliphatic carbocycles. The van der Waals surface area contributed by atoms with Gasteiger partial charge in [-0.25, -0.2) is 8.42 Å². The summed E-state index contributed by atoms with van der Waals surface area (Å²) in [5.41, 5.74) is 3.65. The van der Waals surface area contributed by atoms with Crippen molar-refractivity contribution in [2.24, 2.45) is 0 Å². The van der Waals surface area contributed by atoms with Gasteiger partial charge in [0.15, 0.2) is 0 Å². The number of fused-ring (bicyclic) bond motifs is 1. The Bertz CT molecular complexity index is 1010. The second-order valence-corrected chi connectivity index (χ2v) is 8.68. The zero-order valence-electron chi connectivity index (χ0n) is 17.1. The topological polar surface area (TPSA) is 84.9 Å². The van der Waals surface area contributed by atoms with Gasteiger partial charge in [-0.1, -0.05) is 6.07 Å². The number of sulfonamides is 1. The summed E-state index contributed by atoms with van der Waals surface area (Å²) in [6.07, 6.45) is 0.731. The van der Waals surface area contributed by atoms with Crippen molar-refractivity contribution in [2.75, 3.05) is 36.5 Å². The predicted molar refractivity (Wildman–Crippen MR) is 112 cm³/mol. The number of nitrogens with zero attached hydrogens (tertiary/aromatic N) is 1. The van der Waals surface area contributed by atoms with Crippen molar-refractivity contribution in [3.63, 3.8) is 0 Å². The Kier molecular flexibility index (Phi) is 6.14. The predicted octanol–water partition coefficient (Wildman–Crippen LogP) is 3.04. The van der Waals surface area contributed by atoms with E-state index >= 15 is 0 Å². The summed E-state index contributed by atoms with van der Waals surface area (Å²) in [6, 6.07) is 8.46. The molecule has 2 aromatic rings. The van der Waals surface area contributed by atoms with E-state index in [1.165, 1.54) is 7.11 Å². The number of carbonyl (C=O) groups is 1. The summed E-state index contributed by atoms with van der Waals surface area (Å²) in [7, 11) is -2.32. The van der Waals surface area contributed by atoms with Crippen LogP contribution in [0.4, 0.5) is 11.4 Å². The maximum Gasteiger partial charge on any atom is 0.261 e. The van der Waals surface area contributed by atoms with Crippen LogP contribution in [-0.4, -0.2) is 41.2 Å². The van der Waals surface area contributed by atoms with Gasteiger partial charge in [-0.05, 0) is 68.1 Å². The normalized spacial score (nSPS) is 13.3. The lowest BCUT2D eigenvalue weighted by Crippen LogP contribution is -2.32. The highest BCUT2D eigenvalue weighted by molar-refractivity contribution is 7.92. The highest BCUT2D eigenvalue weighted by Crippen LogP contribution is 2.33. The van der Waals surface area contributed by atoms with Crippen molar-refractivity contribution in [1.82, 2.24) is 0 Å².